The average molecular weight is 225 g/mol. The van der Waals surface area contributed by atoms with Crippen molar-refractivity contribution >= 4 is 0 Å². The Morgan fingerprint density at radius 3 is 2.31 bits per heavy atom. The summed E-state index contributed by atoms with van der Waals surface area (Å²) in [7, 11) is 0. The number of rotatable bonds is 3. The maximum Gasteiger partial charge on any atom is 0.0209 e. The molecule has 1 atom stereocenters. The lowest BCUT2D eigenvalue weighted by atomic mass is 9.91. The van der Waals surface area contributed by atoms with Gasteiger partial charge in [-0.1, -0.05) is 0 Å². The van der Waals surface area contributed by atoms with Crippen molar-refractivity contribution in [1.82, 2.24) is 10.2 Å². The summed E-state index contributed by atoms with van der Waals surface area (Å²) < 4.78 is 0. The highest BCUT2D eigenvalue weighted by molar-refractivity contribution is 4.87. The molecule has 0 amide bonds. The van der Waals surface area contributed by atoms with E-state index in [1.54, 1.807) is 0 Å². The van der Waals surface area contributed by atoms with Gasteiger partial charge in [-0.15, -0.1) is 0 Å². The zero-order valence-electron chi connectivity index (χ0n) is 10.8. The molecule has 3 nitrogen and oxygen atoms in total. The Bertz CT molecular complexity index is 209. The van der Waals surface area contributed by atoms with Crippen molar-refractivity contribution < 1.29 is 0 Å². The second-order valence-electron chi connectivity index (χ2n) is 5.85. The van der Waals surface area contributed by atoms with Crippen molar-refractivity contribution in [3.05, 3.63) is 0 Å². The topological polar surface area (TPSA) is 41.3 Å². The first-order chi connectivity index (χ1) is 7.65. The number of hydrogen-bond acceptors (Lipinski definition) is 3. The zero-order valence-corrected chi connectivity index (χ0v) is 10.8. The highest BCUT2D eigenvalue weighted by atomic mass is 15.2. The maximum atomic E-state index is 5.93. The van der Waals surface area contributed by atoms with E-state index in [0.717, 1.165) is 12.1 Å². The third-order valence-corrected chi connectivity index (χ3v) is 4.19. The lowest BCUT2D eigenvalue weighted by Crippen LogP contribution is -2.44. The van der Waals surface area contributed by atoms with Crippen LogP contribution >= 0.6 is 0 Å². The van der Waals surface area contributed by atoms with Gasteiger partial charge >= 0.3 is 0 Å². The third-order valence-electron chi connectivity index (χ3n) is 4.19. The van der Waals surface area contributed by atoms with Gasteiger partial charge in [0.2, 0.25) is 0 Å². The van der Waals surface area contributed by atoms with Gasteiger partial charge in [-0.05, 0) is 52.5 Å². The molecule has 3 heteroatoms. The summed E-state index contributed by atoms with van der Waals surface area (Å²) >= 11 is 0. The van der Waals surface area contributed by atoms with E-state index in [2.05, 4.69) is 24.1 Å². The quantitative estimate of drug-likeness (QED) is 0.761. The number of nitrogens with two attached hydrogens (primary N) is 1. The molecule has 0 aromatic heterocycles. The van der Waals surface area contributed by atoms with Crippen LogP contribution in [0.4, 0.5) is 0 Å². The van der Waals surface area contributed by atoms with Crippen molar-refractivity contribution in [1.29, 1.82) is 0 Å². The Labute approximate surface area is 99.8 Å². The van der Waals surface area contributed by atoms with Crippen LogP contribution in [0.15, 0.2) is 0 Å². The first-order valence-electron chi connectivity index (χ1n) is 6.91. The first-order valence-corrected chi connectivity index (χ1v) is 6.91. The number of nitrogens with zero attached hydrogens (tertiary/aromatic N) is 1. The molecule has 3 N–H and O–H groups in total. The van der Waals surface area contributed by atoms with Crippen LogP contribution in [0.5, 0.6) is 0 Å². The van der Waals surface area contributed by atoms with Gasteiger partial charge in [0.1, 0.15) is 0 Å². The predicted octanol–water partition coefficient (Wildman–Crippen LogP) is 1.33. The Morgan fingerprint density at radius 1 is 1.06 bits per heavy atom. The van der Waals surface area contributed by atoms with E-state index in [4.69, 9.17) is 5.73 Å². The molecule has 0 aromatic rings. The smallest absolute Gasteiger partial charge is 0.0209 e. The van der Waals surface area contributed by atoms with Crippen LogP contribution in [0.2, 0.25) is 0 Å². The molecule has 2 fully saturated rings. The summed E-state index contributed by atoms with van der Waals surface area (Å²) in [4.78, 5) is 2.58. The molecule has 0 aromatic carbocycles. The van der Waals surface area contributed by atoms with E-state index >= 15 is 0 Å². The van der Waals surface area contributed by atoms with Crippen molar-refractivity contribution in [2.24, 2.45) is 5.73 Å². The van der Waals surface area contributed by atoms with Crippen molar-refractivity contribution in [3.63, 3.8) is 0 Å². The van der Waals surface area contributed by atoms with Crippen LogP contribution in [-0.4, -0.2) is 42.2 Å². The van der Waals surface area contributed by atoms with Crippen LogP contribution in [0.1, 0.15) is 46.0 Å². The monoisotopic (exact) mass is 225 g/mol. The molecule has 1 saturated carbocycles. The molecule has 1 heterocycles. The summed E-state index contributed by atoms with van der Waals surface area (Å²) in [6, 6.07) is 2.62. The largest absolute Gasteiger partial charge is 0.328 e. The Morgan fingerprint density at radius 2 is 1.75 bits per heavy atom. The molecule has 1 aliphatic heterocycles. The van der Waals surface area contributed by atoms with Gasteiger partial charge in [-0.25, -0.2) is 0 Å². The van der Waals surface area contributed by atoms with E-state index in [0.29, 0.717) is 12.1 Å². The SMILES string of the molecule is CC(C)N1CCC(NC2CCC(N)CC2)C1. The van der Waals surface area contributed by atoms with E-state index in [1.807, 2.05) is 0 Å². The van der Waals surface area contributed by atoms with Gasteiger partial charge in [0.25, 0.3) is 0 Å². The standard InChI is InChI=1S/C13H27N3/c1-10(2)16-8-7-13(9-16)15-12-5-3-11(14)4-6-12/h10-13,15H,3-9,14H2,1-2H3. The highest BCUT2D eigenvalue weighted by Gasteiger charge is 2.27. The van der Waals surface area contributed by atoms with Crippen molar-refractivity contribution in [2.45, 2.75) is 70.1 Å². The zero-order chi connectivity index (χ0) is 11.5. The van der Waals surface area contributed by atoms with Gasteiger partial charge in [-0.2, -0.15) is 0 Å². The highest BCUT2D eigenvalue weighted by Crippen LogP contribution is 2.20. The van der Waals surface area contributed by atoms with E-state index in [-0.39, 0.29) is 0 Å². The second-order valence-corrected chi connectivity index (χ2v) is 5.85. The van der Waals surface area contributed by atoms with Gasteiger partial charge in [0.15, 0.2) is 0 Å². The van der Waals surface area contributed by atoms with E-state index in [9.17, 15) is 0 Å². The third kappa shape index (κ3) is 3.19. The van der Waals surface area contributed by atoms with Crippen molar-refractivity contribution in [2.75, 3.05) is 13.1 Å². The number of likely N-dealkylation sites (tertiary alicyclic amines) is 1. The molecule has 0 spiro atoms. The molecule has 94 valence electrons. The number of nitrogens with one attached hydrogen (secondary N) is 1. The van der Waals surface area contributed by atoms with Crippen LogP contribution in [0.3, 0.4) is 0 Å². The van der Waals surface area contributed by atoms with Gasteiger partial charge in [0, 0.05) is 30.7 Å². The Hall–Kier alpha value is -0.120. The minimum atomic E-state index is 0.466. The fourth-order valence-electron chi connectivity index (χ4n) is 3.01. The van der Waals surface area contributed by atoms with Gasteiger partial charge in [-0.3, -0.25) is 4.90 Å². The first kappa shape index (κ1) is 12.3. The summed E-state index contributed by atoms with van der Waals surface area (Å²) in [6.45, 7) is 7.09. The predicted molar refractivity (Wildman–Crippen MR) is 68.5 cm³/mol. The molecule has 2 aliphatic rings. The van der Waals surface area contributed by atoms with Crippen LogP contribution in [0, 0.1) is 0 Å². The summed E-state index contributed by atoms with van der Waals surface area (Å²) in [5.41, 5.74) is 5.93. The Kier molecular flexibility index (Phi) is 4.22. The Balaban J connectivity index is 1.71. The normalized spacial score (nSPS) is 37.1. The maximum absolute atomic E-state index is 5.93. The second kappa shape index (κ2) is 5.48. The minimum Gasteiger partial charge on any atom is -0.328 e. The fraction of sp³-hybridized carbons (Fsp3) is 1.00. The van der Waals surface area contributed by atoms with Crippen LogP contribution in [0.25, 0.3) is 0 Å². The van der Waals surface area contributed by atoms with Gasteiger partial charge < -0.3 is 11.1 Å². The van der Waals surface area contributed by atoms with Crippen LogP contribution in [-0.2, 0) is 0 Å². The lowest BCUT2D eigenvalue weighted by Gasteiger charge is -2.29. The average Bonchev–Trinajstić information content (AvgIpc) is 2.70. The fourth-order valence-corrected chi connectivity index (χ4v) is 3.01. The van der Waals surface area contributed by atoms with Crippen molar-refractivity contribution in [3.8, 4) is 0 Å². The van der Waals surface area contributed by atoms with Gasteiger partial charge in [0.05, 0.1) is 0 Å². The molecule has 1 saturated heterocycles. The molecule has 1 unspecified atom stereocenters. The molecule has 2 rings (SSSR count). The molecule has 0 bridgehead atoms. The molecule has 16 heavy (non-hydrogen) atoms. The van der Waals surface area contributed by atoms with E-state index in [1.165, 1.54) is 45.2 Å². The summed E-state index contributed by atoms with van der Waals surface area (Å²) in [5, 5.41) is 3.83. The lowest BCUT2D eigenvalue weighted by molar-refractivity contribution is 0.257. The number of hydrogen-bond donors (Lipinski definition) is 2. The summed E-state index contributed by atoms with van der Waals surface area (Å²) in [5.74, 6) is 0. The molecule has 0 radical (unpaired) electrons. The molecular weight excluding hydrogens is 198 g/mol. The summed E-state index contributed by atoms with van der Waals surface area (Å²) in [6.07, 6.45) is 6.29. The van der Waals surface area contributed by atoms with Crippen LogP contribution < -0.4 is 11.1 Å². The minimum absolute atomic E-state index is 0.466. The van der Waals surface area contributed by atoms with E-state index < -0.39 is 0 Å². The molecular formula is C13H27N3. The molecule has 1 aliphatic carbocycles.